The Labute approximate surface area is 147 Å². The van der Waals surface area contributed by atoms with Gasteiger partial charge >= 0.3 is 0 Å². The number of morpholine rings is 1. The molecule has 0 unspecified atom stereocenters. The molecule has 3 rings (SSSR count). The largest absolute Gasteiger partial charge is 0.374 e. The van der Waals surface area contributed by atoms with E-state index >= 15 is 0 Å². The third kappa shape index (κ3) is 4.87. The summed E-state index contributed by atoms with van der Waals surface area (Å²) in [4.78, 5) is 26.0. The van der Waals surface area contributed by atoms with Crippen LogP contribution in [-0.2, 0) is 20.9 Å². The number of nitrogens with one attached hydrogen (secondary N) is 1. The van der Waals surface area contributed by atoms with Gasteiger partial charge in [0.05, 0.1) is 12.7 Å². The van der Waals surface area contributed by atoms with Crippen LogP contribution in [0.2, 0.25) is 0 Å². The molecule has 0 aliphatic carbocycles. The lowest BCUT2D eigenvalue weighted by atomic mass is 10.1. The molecule has 7 nitrogen and oxygen atoms in total. The topological polar surface area (TPSA) is 74.2 Å². The van der Waals surface area contributed by atoms with Crippen molar-refractivity contribution in [2.45, 2.75) is 25.5 Å². The number of ether oxygens (including phenoxy) is 1. The molecule has 134 valence electrons. The van der Waals surface area contributed by atoms with Crippen molar-refractivity contribution in [1.82, 2.24) is 15.2 Å². The third-order valence-electron chi connectivity index (χ3n) is 4.43. The van der Waals surface area contributed by atoms with Gasteiger partial charge in [0, 0.05) is 46.1 Å². The van der Waals surface area contributed by atoms with Crippen LogP contribution in [0.25, 0.3) is 0 Å². The van der Waals surface area contributed by atoms with Crippen molar-refractivity contribution >= 4 is 17.5 Å². The Bertz CT molecular complexity index is 647. The van der Waals surface area contributed by atoms with Gasteiger partial charge < -0.3 is 10.1 Å². The number of rotatable bonds is 5. The van der Waals surface area contributed by atoms with Crippen LogP contribution in [0.4, 0.5) is 0 Å². The van der Waals surface area contributed by atoms with Crippen molar-refractivity contribution in [1.29, 1.82) is 0 Å². The first kappa shape index (κ1) is 17.6. The first-order valence-electron chi connectivity index (χ1n) is 8.62. The maximum Gasteiger partial charge on any atom is 0.267 e. The van der Waals surface area contributed by atoms with Crippen LogP contribution in [0.1, 0.15) is 18.4 Å². The molecule has 0 aromatic heterocycles. The minimum Gasteiger partial charge on any atom is -0.374 e. The number of benzene rings is 1. The molecule has 25 heavy (non-hydrogen) atoms. The molecule has 2 heterocycles. The van der Waals surface area contributed by atoms with E-state index < -0.39 is 0 Å². The van der Waals surface area contributed by atoms with E-state index in [2.05, 4.69) is 27.5 Å². The van der Waals surface area contributed by atoms with Crippen LogP contribution in [0, 0.1) is 0 Å². The van der Waals surface area contributed by atoms with Crippen molar-refractivity contribution in [3.05, 3.63) is 35.9 Å². The molecular weight excluding hydrogens is 320 g/mol. The zero-order valence-electron chi connectivity index (χ0n) is 14.5. The van der Waals surface area contributed by atoms with Crippen molar-refractivity contribution in [3.63, 3.8) is 0 Å². The predicted octanol–water partition coefficient (Wildman–Crippen LogP) is 0.612. The number of hydrogen-bond donors (Lipinski definition) is 1. The Kier molecular flexibility index (Phi) is 5.78. The summed E-state index contributed by atoms with van der Waals surface area (Å²) in [6, 6.07) is 10.3. The highest BCUT2D eigenvalue weighted by Crippen LogP contribution is 2.11. The van der Waals surface area contributed by atoms with E-state index in [0.29, 0.717) is 31.7 Å². The lowest BCUT2D eigenvalue weighted by molar-refractivity contribution is -0.130. The second-order valence-corrected chi connectivity index (χ2v) is 6.39. The van der Waals surface area contributed by atoms with E-state index in [-0.39, 0.29) is 17.9 Å². The summed E-state index contributed by atoms with van der Waals surface area (Å²) < 4.78 is 5.76. The van der Waals surface area contributed by atoms with E-state index in [0.717, 1.165) is 19.6 Å². The molecule has 7 heteroatoms. The van der Waals surface area contributed by atoms with Gasteiger partial charge in [-0.2, -0.15) is 5.10 Å². The SMILES string of the molecule is CN1N=C(C(=O)NC[C@@H]2CN(Cc3ccccc3)CCO2)CCC1=O. The quantitative estimate of drug-likeness (QED) is 0.849. The Morgan fingerprint density at radius 1 is 1.32 bits per heavy atom. The fraction of sp³-hybridized carbons (Fsp3) is 0.500. The zero-order valence-corrected chi connectivity index (χ0v) is 14.5. The molecule has 0 saturated carbocycles. The molecule has 0 spiro atoms. The summed E-state index contributed by atoms with van der Waals surface area (Å²) in [7, 11) is 1.57. The smallest absolute Gasteiger partial charge is 0.267 e. The van der Waals surface area contributed by atoms with Gasteiger partial charge in [0.25, 0.3) is 5.91 Å². The minimum absolute atomic E-state index is 0.0371. The van der Waals surface area contributed by atoms with E-state index in [1.807, 2.05) is 18.2 Å². The maximum atomic E-state index is 12.2. The van der Waals surface area contributed by atoms with E-state index in [1.165, 1.54) is 10.6 Å². The number of hydrogen-bond acceptors (Lipinski definition) is 5. The molecular formula is C18H24N4O3. The van der Waals surface area contributed by atoms with Crippen molar-refractivity contribution in [2.24, 2.45) is 5.10 Å². The Morgan fingerprint density at radius 2 is 2.12 bits per heavy atom. The molecule has 1 aromatic rings. The lowest BCUT2D eigenvalue weighted by Crippen LogP contribution is -2.48. The van der Waals surface area contributed by atoms with Crippen LogP contribution in [0.5, 0.6) is 0 Å². The molecule has 1 atom stereocenters. The summed E-state index contributed by atoms with van der Waals surface area (Å²) in [5.74, 6) is -0.285. The number of hydrazone groups is 1. The van der Waals surface area contributed by atoms with E-state index in [4.69, 9.17) is 4.74 Å². The summed E-state index contributed by atoms with van der Waals surface area (Å²) >= 11 is 0. The second kappa shape index (κ2) is 8.22. The molecule has 0 bridgehead atoms. The van der Waals surface area contributed by atoms with E-state index in [9.17, 15) is 9.59 Å². The predicted molar refractivity (Wildman–Crippen MR) is 93.9 cm³/mol. The average Bonchev–Trinajstić information content (AvgIpc) is 2.63. The average molecular weight is 344 g/mol. The monoisotopic (exact) mass is 344 g/mol. The van der Waals surface area contributed by atoms with Gasteiger partial charge in [-0.1, -0.05) is 30.3 Å². The van der Waals surface area contributed by atoms with Crippen LogP contribution in [-0.4, -0.2) is 66.8 Å². The second-order valence-electron chi connectivity index (χ2n) is 6.39. The first-order chi connectivity index (χ1) is 12.1. The highest BCUT2D eigenvalue weighted by Gasteiger charge is 2.24. The molecule has 0 radical (unpaired) electrons. The van der Waals surface area contributed by atoms with Gasteiger partial charge in [-0.25, -0.2) is 5.01 Å². The number of amides is 2. The highest BCUT2D eigenvalue weighted by molar-refractivity contribution is 6.39. The maximum absolute atomic E-state index is 12.2. The fourth-order valence-corrected chi connectivity index (χ4v) is 3.03. The number of nitrogens with zero attached hydrogens (tertiary/aromatic N) is 3. The van der Waals surface area contributed by atoms with Gasteiger partial charge in [-0.05, 0) is 5.56 Å². The molecule has 1 N–H and O–H groups in total. The van der Waals surface area contributed by atoms with Crippen LogP contribution < -0.4 is 5.32 Å². The molecule has 1 fully saturated rings. The van der Waals surface area contributed by atoms with Crippen LogP contribution in [0.3, 0.4) is 0 Å². The minimum atomic E-state index is -0.219. The summed E-state index contributed by atoms with van der Waals surface area (Å²) in [5.41, 5.74) is 1.68. The van der Waals surface area contributed by atoms with E-state index in [1.54, 1.807) is 7.05 Å². The summed E-state index contributed by atoms with van der Waals surface area (Å²) in [6.07, 6.45) is 0.679. The van der Waals surface area contributed by atoms with Crippen LogP contribution >= 0.6 is 0 Å². The highest BCUT2D eigenvalue weighted by atomic mass is 16.5. The van der Waals surface area contributed by atoms with Crippen molar-refractivity contribution in [2.75, 3.05) is 33.3 Å². The first-order valence-corrected chi connectivity index (χ1v) is 8.62. The van der Waals surface area contributed by atoms with Crippen molar-refractivity contribution in [3.8, 4) is 0 Å². The summed E-state index contributed by atoms with van der Waals surface area (Å²) in [5, 5.41) is 8.15. The number of carbonyl (C=O) groups is 2. The Balaban J connectivity index is 1.47. The van der Waals surface area contributed by atoms with Gasteiger partial charge in [0.1, 0.15) is 5.71 Å². The van der Waals surface area contributed by atoms with Crippen molar-refractivity contribution < 1.29 is 14.3 Å². The normalized spacial score (nSPS) is 21.8. The standard InChI is InChI=1S/C18H24N4O3/c1-21-17(23)8-7-16(20-21)18(24)19-11-15-13-22(9-10-25-15)12-14-5-3-2-4-6-14/h2-6,15H,7-13H2,1H3,(H,19,24)/t15-/m1/s1. The molecule has 2 aliphatic heterocycles. The zero-order chi connectivity index (χ0) is 17.6. The van der Waals surface area contributed by atoms with Crippen LogP contribution in [0.15, 0.2) is 35.4 Å². The fourth-order valence-electron chi connectivity index (χ4n) is 3.03. The van der Waals surface area contributed by atoms with Gasteiger partial charge in [0.2, 0.25) is 5.91 Å². The Hall–Kier alpha value is -2.25. The third-order valence-corrected chi connectivity index (χ3v) is 4.43. The molecule has 2 amide bonds. The Morgan fingerprint density at radius 3 is 2.88 bits per heavy atom. The molecule has 1 saturated heterocycles. The molecule has 2 aliphatic rings. The molecule has 1 aromatic carbocycles. The lowest BCUT2D eigenvalue weighted by Gasteiger charge is -2.33. The summed E-state index contributed by atoms with van der Waals surface area (Å²) in [6.45, 7) is 3.65. The van der Waals surface area contributed by atoms with Gasteiger partial charge in [-0.3, -0.25) is 14.5 Å². The number of carbonyl (C=O) groups excluding carboxylic acids is 2. The van der Waals surface area contributed by atoms with Gasteiger partial charge in [-0.15, -0.1) is 0 Å². The van der Waals surface area contributed by atoms with Gasteiger partial charge in [0.15, 0.2) is 0 Å².